The van der Waals surface area contributed by atoms with Gasteiger partial charge in [0.25, 0.3) is 0 Å². The third-order valence-electron chi connectivity index (χ3n) is 3.94. The van der Waals surface area contributed by atoms with Gasteiger partial charge in [0.1, 0.15) is 11.6 Å². The first kappa shape index (κ1) is 20.7. The summed E-state index contributed by atoms with van der Waals surface area (Å²) in [5.74, 6) is 2.62. The lowest BCUT2D eigenvalue weighted by molar-refractivity contribution is -0.117. The number of carbonyl (C=O) groups excluding carboxylic acids is 1. The van der Waals surface area contributed by atoms with Crippen LogP contribution in [0.2, 0.25) is 0 Å². The zero-order valence-electron chi connectivity index (χ0n) is 16.3. The number of rotatable bonds is 7. The van der Waals surface area contributed by atoms with Crippen LogP contribution in [0, 0.1) is 18.2 Å². The average molecular weight is 405 g/mol. The number of amides is 1. The minimum atomic E-state index is -0.345. The second kappa shape index (κ2) is 9.45. The van der Waals surface area contributed by atoms with Gasteiger partial charge in [-0.3, -0.25) is 9.69 Å². The molecule has 1 aromatic heterocycles. The molecule has 0 bridgehead atoms. The summed E-state index contributed by atoms with van der Waals surface area (Å²) < 4.78 is 13.0. The van der Waals surface area contributed by atoms with Crippen LogP contribution in [0.15, 0.2) is 48.5 Å². The zero-order valence-corrected chi connectivity index (χ0v) is 16.3. The number of benzene rings is 2. The van der Waals surface area contributed by atoms with Gasteiger partial charge in [0.2, 0.25) is 17.8 Å². The summed E-state index contributed by atoms with van der Waals surface area (Å²) in [6.07, 6.45) is 5.37. The lowest BCUT2D eigenvalue weighted by Crippen LogP contribution is -2.30. The summed E-state index contributed by atoms with van der Waals surface area (Å²) in [5.41, 5.74) is 7.68. The number of hydrogen-bond acceptors (Lipinski definition) is 7. The molecule has 0 unspecified atom stereocenters. The quantitative estimate of drug-likeness (QED) is 0.518. The Kier molecular flexibility index (Phi) is 6.52. The fourth-order valence-corrected chi connectivity index (χ4v) is 2.66. The molecule has 0 atom stereocenters. The van der Waals surface area contributed by atoms with E-state index in [0.717, 1.165) is 0 Å². The van der Waals surface area contributed by atoms with Gasteiger partial charge in [-0.1, -0.05) is 12.0 Å². The first-order valence-electron chi connectivity index (χ1n) is 8.99. The van der Waals surface area contributed by atoms with Crippen molar-refractivity contribution in [3.05, 3.63) is 65.7 Å². The molecule has 4 N–H and O–H groups in total. The number of hydrogen-bond donors (Lipinski definition) is 3. The van der Waals surface area contributed by atoms with Gasteiger partial charge in [-0.15, -0.1) is 6.42 Å². The summed E-state index contributed by atoms with van der Waals surface area (Å²) in [7, 11) is 1.75. The fraction of sp³-hybridized carbons (Fsp3) is 0.143. The first-order chi connectivity index (χ1) is 14.4. The van der Waals surface area contributed by atoms with Crippen molar-refractivity contribution < 1.29 is 9.18 Å². The monoisotopic (exact) mass is 405 g/mol. The number of nitrogens with zero attached hydrogens (tertiary/aromatic N) is 4. The molecule has 0 aliphatic carbocycles. The van der Waals surface area contributed by atoms with Crippen molar-refractivity contribution in [3.63, 3.8) is 0 Å². The second-order valence-corrected chi connectivity index (χ2v) is 6.51. The van der Waals surface area contributed by atoms with E-state index in [1.165, 1.54) is 12.1 Å². The van der Waals surface area contributed by atoms with Crippen LogP contribution in [0.3, 0.4) is 0 Å². The molecule has 0 fully saturated rings. The molecule has 1 amide bonds. The van der Waals surface area contributed by atoms with E-state index in [1.807, 2.05) is 0 Å². The minimum absolute atomic E-state index is 0.0357. The zero-order chi connectivity index (χ0) is 21.5. The number of anilines is 4. The van der Waals surface area contributed by atoms with Crippen molar-refractivity contribution in [2.75, 3.05) is 30.0 Å². The van der Waals surface area contributed by atoms with E-state index in [4.69, 9.17) is 12.2 Å². The van der Waals surface area contributed by atoms with Gasteiger partial charge in [-0.05, 0) is 49.5 Å². The summed E-state index contributed by atoms with van der Waals surface area (Å²) in [5, 5.41) is 5.74. The van der Waals surface area contributed by atoms with E-state index in [-0.39, 0.29) is 36.7 Å². The highest BCUT2D eigenvalue weighted by Gasteiger charge is 2.12. The van der Waals surface area contributed by atoms with Gasteiger partial charge in [-0.2, -0.15) is 15.0 Å². The highest BCUT2D eigenvalue weighted by Crippen LogP contribution is 2.15. The molecular weight excluding hydrogens is 385 g/mol. The van der Waals surface area contributed by atoms with Crippen LogP contribution in [0.4, 0.5) is 27.7 Å². The van der Waals surface area contributed by atoms with Crippen LogP contribution < -0.4 is 16.4 Å². The Labute approximate surface area is 173 Å². The van der Waals surface area contributed by atoms with Gasteiger partial charge < -0.3 is 16.4 Å². The minimum Gasteiger partial charge on any atom is -0.368 e. The van der Waals surface area contributed by atoms with Crippen LogP contribution in [0.5, 0.6) is 0 Å². The predicted octanol–water partition coefficient (Wildman–Crippen LogP) is 2.39. The number of aromatic nitrogens is 3. The maximum Gasteiger partial charge on any atom is 0.238 e. The van der Waals surface area contributed by atoms with Crippen molar-refractivity contribution >= 4 is 29.2 Å². The molecule has 1 heterocycles. The van der Waals surface area contributed by atoms with Crippen LogP contribution in [0.1, 0.15) is 11.4 Å². The summed E-state index contributed by atoms with van der Waals surface area (Å²) in [6, 6.07) is 12.8. The number of terminal acetylenes is 1. The number of nitrogens with one attached hydrogen (secondary N) is 2. The van der Waals surface area contributed by atoms with Crippen molar-refractivity contribution in [2.45, 2.75) is 6.54 Å². The lowest BCUT2D eigenvalue weighted by Gasteiger charge is -2.16. The van der Waals surface area contributed by atoms with Crippen LogP contribution in [-0.2, 0) is 11.3 Å². The lowest BCUT2D eigenvalue weighted by atomic mass is 10.2. The van der Waals surface area contributed by atoms with Gasteiger partial charge in [0, 0.05) is 16.9 Å². The van der Waals surface area contributed by atoms with Gasteiger partial charge >= 0.3 is 0 Å². The van der Waals surface area contributed by atoms with Crippen molar-refractivity contribution in [2.24, 2.45) is 0 Å². The van der Waals surface area contributed by atoms with E-state index in [0.29, 0.717) is 22.8 Å². The van der Waals surface area contributed by atoms with Gasteiger partial charge in [0.05, 0.1) is 13.1 Å². The molecule has 3 rings (SSSR count). The summed E-state index contributed by atoms with van der Waals surface area (Å²) >= 11 is 0. The number of halogens is 1. The molecule has 8 nitrogen and oxygen atoms in total. The molecule has 0 spiro atoms. The Bertz CT molecular complexity index is 1080. The summed E-state index contributed by atoms with van der Waals surface area (Å²) in [4.78, 5) is 26.5. The Morgan fingerprint density at radius 1 is 1.17 bits per heavy atom. The number of carbonyl (C=O) groups is 1. The van der Waals surface area contributed by atoms with Crippen molar-refractivity contribution in [3.8, 4) is 12.3 Å². The molecular formula is C21H20FN7O. The fourth-order valence-electron chi connectivity index (χ4n) is 2.66. The largest absolute Gasteiger partial charge is 0.368 e. The number of nitrogen functional groups attached to an aromatic ring is 1. The van der Waals surface area contributed by atoms with Gasteiger partial charge in [-0.25, -0.2) is 4.39 Å². The Balaban J connectivity index is 1.60. The SMILES string of the molecule is C#Cc1cccc(NC(=O)CN(C)Cc2nc(N)nc(Nc3ccc(F)cc3)n2)c1. The van der Waals surface area contributed by atoms with E-state index >= 15 is 0 Å². The standard InChI is InChI=1S/C21H20FN7O/c1-3-14-5-4-6-17(11-14)24-19(30)13-29(2)12-18-26-20(23)28-21(27-18)25-16-9-7-15(22)8-10-16/h1,4-11H,12-13H2,2H3,(H,24,30)(H3,23,25,26,27,28). The first-order valence-corrected chi connectivity index (χ1v) is 8.99. The normalized spacial score (nSPS) is 10.5. The maximum absolute atomic E-state index is 13.0. The van der Waals surface area contributed by atoms with Gasteiger partial charge in [0.15, 0.2) is 0 Å². The molecule has 0 saturated carbocycles. The third kappa shape index (κ3) is 5.98. The van der Waals surface area contributed by atoms with E-state index in [1.54, 1.807) is 48.3 Å². The molecule has 152 valence electrons. The van der Waals surface area contributed by atoms with Crippen molar-refractivity contribution in [1.29, 1.82) is 0 Å². The highest BCUT2D eigenvalue weighted by atomic mass is 19.1. The summed E-state index contributed by atoms with van der Waals surface area (Å²) in [6.45, 7) is 0.370. The molecule has 30 heavy (non-hydrogen) atoms. The molecule has 9 heteroatoms. The number of nitrogens with two attached hydrogens (primary N) is 1. The second-order valence-electron chi connectivity index (χ2n) is 6.51. The van der Waals surface area contributed by atoms with Crippen LogP contribution >= 0.6 is 0 Å². The molecule has 2 aromatic carbocycles. The van der Waals surface area contributed by atoms with Crippen LogP contribution in [-0.4, -0.2) is 39.4 Å². The van der Waals surface area contributed by atoms with Crippen molar-refractivity contribution in [1.82, 2.24) is 19.9 Å². The molecule has 3 aromatic rings. The predicted molar refractivity (Wildman–Crippen MR) is 113 cm³/mol. The highest BCUT2D eigenvalue weighted by molar-refractivity contribution is 5.92. The Morgan fingerprint density at radius 3 is 2.67 bits per heavy atom. The molecule has 0 aliphatic rings. The Hall–Kier alpha value is -4.03. The third-order valence-corrected chi connectivity index (χ3v) is 3.94. The topological polar surface area (TPSA) is 109 Å². The smallest absolute Gasteiger partial charge is 0.238 e. The molecule has 0 radical (unpaired) electrons. The molecule has 0 saturated heterocycles. The van der Waals surface area contributed by atoms with Crippen LogP contribution in [0.25, 0.3) is 0 Å². The van der Waals surface area contributed by atoms with E-state index in [9.17, 15) is 9.18 Å². The van der Waals surface area contributed by atoms with E-state index in [2.05, 4.69) is 31.5 Å². The average Bonchev–Trinajstić information content (AvgIpc) is 2.69. The number of likely N-dealkylation sites (N-methyl/N-ethyl adjacent to an activating group) is 1. The Morgan fingerprint density at radius 2 is 1.93 bits per heavy atom. The maximum atomic E-state index is 13.0. The van der Waals surface area contributed by atoms with E-state index < -0.39 is 0 Å². The molecule has 0 aliphatic heterocycles.